The first-order valence-corrected chi connectivity index (χ1v) is 8.40. The number of fused-ring (bicyclic) bond motifs is 1. The number of hydrogen-bond donors (Lipinski definition) is 2. The summed E-state index contributed by atoms with van der Waals surface area (Å²) in [5, 5.41) is 5.65. The number of rotatable bonds is 8. The lowest BCUT2D eigenvalue weighted by molar-refractivity contribution is -0.141. The molecule has 2 amide bonds. The van der Waals surface area contributed by atoms with Crippen LogP contribution < -0.4 is 20.1 Å². The molecule has 0 unspecified atom stereocenters. The van der Waals surface area contributed by atoms with Crippen LogP contribution in [0.2, 0.25) is 0 Å². The highest BCUT2D eigenvalue weighted by atomic mass is 16.7. The van der Waals surface area contributed by atoms with Crippen LogP contribution in [0.3, 0.4) is 0 Å². The van der Waals surface area contributed by atoms with Crippen LogP contribution in [-0.4, -0.2) is 25.2 Å². The lowest BCUT2D eigenvalue weighted by Crippen LogP contribution is -2.47. The van der Waals surface area contributed by atoms with Crippen molar-refractivity contribution < 1.29 is 19.1 Å². The van der Waals surface area contributed by atoms with Gasteiger partial charge in [-0.1, -0.05) is 25.8 Å². The summed E-state index contributed by atoms with van der Waals surface area (Å²) < 4.78 is 10.6. The first-order valence-electron chi connectivity index (χ1n) is 8.40. The molecule has 0 spiro atoms. The number of amides is 2. The van der Waals surface area contributed by atoms with Gasteiger partial charge in [0.15, 0.2) is 11.5 Å². The van der Waals surface area contributed by atoms with E-state index in [2.05, 4.69) is 17.6 Å². The second-order valence-electron chi connectivity index (χ2n) is 6.46. The average Bonchev–Trinajstić information content (AvgIpc) is 3.03. The van der Waals surface area contributed by atoms with Crippen molar-refractivity contribution in [3.63, 3.8) is 0 Å². The van der Waals surface area contributed by atoms with E-state index in [4.69, 9.17) is 9.47 Å². The molecule has 1 aromatic rings. The molecule has 0 radical (unpaired) electrons. The van der Waals surface area contributed by atoms with Gasteiger partial charge in [0, 0.05) is 13.1 Å². The lowest BCUT2D eigenvalue weighted by Gasteiger charge is -2.22. The molecule has 1 aliphatic rings. The summed E-state index contributed by atoms with van der Waals surface area (Å²) in [5.74, 6) is 0.835. The van der Waals surface area contributed by atoms with Gasteiger partial charge in [-0.05, 0) is 38.0 Å². The highest BCUT2D eigenvalue weighted by Crippen LogP contribution is 2.32. The standard InChI is InChI=1S/C18H26N2O4/c1-4-5-6-9-19-16(21)18(2,3)17(22)20-11-13-7-8-14-15(10-13)24-12-23-14/h7-8,10H,4-6,9,11-12H2,1-3H3,(H,19,21)(H,20,22). The maximum Gasteiger partial charge on any atom is 0.235 e. The SMILES string of the molecule is CCCCCNC(=O)C(C)(C)C(=O)NCc1ccc2c(c1)OCO2. The number of ether oxygens (including phenoxy) is 2. The van der Waals surface area contributed by atoms with E-state index in [0.717, 1.165) is 24.8 Å². The Balaban J connectivity index is 1.85. The zero-order chi connectivity index (χ0) is 17.6. The molecule has 2 N–H and O–H groups in total. The maximum absolute atomic E-state index is 12.4. The summed E-state index contributed by atoms with van der Waals surface area (Å²) in [5.41, 5.74) is -0.213. The summed E-state index contributed by atoms with van der Waals surface area (Å²) in [4.78, 5) is 24.6. The molecule has 6 nitrogen and oxygen atoms in total. The molecule has 132 valence electrons. The van der Waals surface area contributed by atoms with Crippen molar-refractivity contribution in [3.8, 4) is 11.5 Å². The summed E-state index contributed by atoms with van der Waals surface area (Å²) in [6.45, 7) is 6.54. The Labute approximate surface area is 142 Å². The van der Waals surface area contributed by atoms with Crippen molar-refractivity contribution in [2.24, 2.45) is 5.41 Å². The molecule has 2 rings (SSSR count). The third-order valence-corrected chi connectivity index (χ3v) is 4.09. The molecular formula is C18H26N2O4. The Bertz CT molecular complexity index is 599. The molecule has 0 atom stereocenters. The predicted molar refractivity (Wildman–Crippen MR) is 90.7 cm³/mol. The molecule has 0 aromatic heterocycles. The summed E-state index contributed by atoms with van der Waals surface area (Å²) >= 11 is 0. The van der Waals surface area contributed by atoms with Crippen LogP contribution in [-0.2, 0) is 16.1 Å². The van der Waals surface area contributed by atoms with Crippen molar-refractivity contribution in [3.05, 3.63) is 23.8 Å². The third-order valence-electron chi connectivity index (χ3n) is 4.09. The van der Waals surface area contributed by atoms with Crippen molar-refractivity contribution in [2.75, 3.05) is 13.3 Å². The Hall–Kier alpha value is -2.24. The Morgan fingerprint density at radius 2 is 1.79 bits per heavy atom. The number of carbonyl (C=O) groups excluding carboxylic acids is 2. The number of hydrogen-bond acceptors (Lipinski definition) is 4. The van der Waals surface area contributed by atoms with Gasteiger partial charge in [-0.25, -0.2) is 0 Å². The second-order valence-corrected chi connectivity index (χ2v) is 6.46. The van der Waals surface area contributed by atoms with E-state index >= 15 is 0 Å². The van der Waals surface area contributed by atoms with Gasteiger partial charge in [0.05, 0.1) is 0 Å². The topological polar surface area (TPSA) is 76.7 Å². The van der Waals surface area contributed by atoms with Gasteiger partial charge in [0.25, 0.3) is 0 Å². The fourth-order valence-corrected chi connectivity index (χ4v) is 2.36. The van der Waals surface area contributed by atoms with Crippen molar-refractivity contribution in [1.29, 1.82) is 0 Å². The molecule has 24 heavy (non-hydrogen) atoms. The molecule has 0 saturated carbocycles. The van der Waals surface area contributed by atoms with E-state index in [1.807, 2.05) is 18.2 Å². The van der Waals surface area contributed by atoms with Crippen LogP contribution in [0.4, 0.5) is 0 Å². The predicted octanol–water partition coefficient (Wildman–Crippen LogP) is 2.36. The third kappa shape index (κ3) is 4.40. The molecular weight excluding hydrogens is 308 g/mol. The molecule has 6 heteroatoms. The number of nitrogens with one attached hydrogen (secondary N) is 2. The number of benzene rings is 1. The smallest absolute Gasteiger partial charge is 0.235 e. The Morgan fingerprint density at radius 3 is 2.54 bits per heavy atom. The molecule has 0 aliphatic carbocycles. The molecule has 1 aliphatic heterocycles. The molecule has 0 fully saturated rings. The summed E-state index contributed by atoms with van der Waals surface area (Å²) in [7, 11) is 0. The highest BCUT2D eigenvalue weighted by Gasteiger charge is 2.35. The van der Waals surface area contributed by atoms with Gasteiger partial charge in [0.1, 0.15) is 5.41 Å². The Morgan fingerprint density at radius 1 is 1.08 bits per heavy atom. The average molecular weight is 334 g/mol. The van der Waals surface area contributed by atoms with Crippen LogP contribution in [0.15, 0.2) is 18.2 Å². The summed E-state index contributed by atoms with van der Waals surface area (Å²) in [6.07, 6.45) is 3.09. The first-order chi connectivity index (χ1) is 11.4. The van der Waals surface area contributed by atoms with Crippen molar-refractivity contribution in [1.82, 2.24) is 10.6 Å². The van der Waals surface area contributed by atoms with Gasteiger partial charge in [-0.3, -0.25) is 9.59 Å². The molecule has 1 heterocycles. The van der Waals surface area contributed by atoms with E-state index in [0.29, 0.717) is 24.6 Å². The van der Waals surface area contributed by atoms with E-state index in [9.17, 15) is 9.59 Å². The van der Waals surface area contributed by atoms with Gasteiger partial charge in [-0.2, -0.15) is 0 Å². The van der Waals surface area contributed by atoms with E-state index in [1.54, 1.807) is 13.8 Å². The minimum atomic E-state index is -1.11. The highest BCUT2D eigenvalue weighted by molar-refractivity contribution is 6.04. The molecule has 0 saturated heterocycles. The maximum atomic E-state index is 12.4. The Kier molecular flexibility index (Phi) is 6.06. The first kappa shape index (κ1) is 18.1. The summed E-state index contributed by atoms with van der Waals surface area (Å²) in [6, 6.07) is 5.52. The van der Waals surface area contributed by atoms with Crippen LogP contribution in [0.25, 0.3) is 0 Å². The number of unbranched alkanes of at least 4 members (excludes halogenated alkanes) is 2. The largest absolute Gasteiger partial charge is 0.454 e. The van der Waals surface area contributed by atoms with Crippen LogP contribution in [0.5, 0.6) is 11.5 Å². The minimum absolute atomic E-state index is 0.219. The fraction of sp³-hybridized carbons (Fsp3) is 0.556. The quantitative estimate of drug-likeness (QED) is 0.565. The van der Waals surface area contributed by atoms with E-state index in [1.165, 1.54) is 0 Å². The normalized spacial score (nSPS) is 12.8. The molecule has 1 aromatic carbocycles. The van der Waals surface area contributed by atoms with Gasteiger partial charge < -0.3 is 20.1 Å². The zero-order valence-corrected chi connectivity index (χ0v) is 14.6. The van der Waals surface area contributed by atoms with Crippen LogP contribution in [0, 0.1) is 5.41 Å². The minimum Gasteiger partial charge on any atom is -0.454 e. The second kappa shape index (κ2) is 8.04. The van der Waals surface area contributed by atoms with Crippen molar-refractivity contribution in [2.45, 2.75) is 46.6 Å². The fourth-order valence-electron chi connectivity index (χ4n) is 2.36. The number of carbonyl (C=O) groups is 2. The molecule has 0 bridgehead atoms. The van der Waals surface area contributed by atoms with Crippen molar-refractivity contribution >= 4 is 11.8 Å². The van der Waals surface area contributed by atoms with Gasteiger partial charge in [-0.15, -0.1) is 0 Å². The lowest BCUT2D eigenvalue weighted by atomic mass is 9.91. The van der Waals surface area contributed by atoms with E-state index in [-0.39, 0.29) is 18.6 Å². The van der Waals surface area contributed by atoms with E-state index < -0.39 is 5.41 Å². The van der Waals surface area contributed by atoms with Crippen LogP contribution >= 0.6 is 0 Å². The zero-order valence-electron chi connectivity index (χ0n) is 14.6. The van der Waals surface area contributed by atoms with Gasteiger partial charge in [0.2, 0.25) is 18.6 Å². The van der Waals surface area contributed by atoms with Gasteiger partial charge >= 0.3 is 0 Å². The van der Waals surface area contributed by atoms with Crippen LogP contribution in [0.1, 0.15) is 45.6 Å². The monoisotopic (exact) mass is 334 g/mol.